The van der Waals surface area contributed by atoms with Crippen molar-refractivity contribution in [3.63, 3.8) is 0 Å². The van der Waals surface area contributed by atoms with Gasteiger partial charge in [-0.25, -0.2) is 0 Å². The van der Waals surface area contributed by atoms with Crippen LogP contribution in [0.2, 0.25) is 0 Å². The van der Waals surface area contributed by atoms with E-state index in [0.29, 0.717) is 5.69 Å². The smallest absolute Gasteiger partial charge is 0.252 e. The second-order valence-electron chi connectivity index (χ2n) is 5.14. The van der Waals surface area contributed by atoms with E-state index in [1.54, 1.807) is 0 Å². The minimum atomic E-state index is -0.514. The van der Waals surface area contributed by atoms with Crippen LogP contribution in [0.4, 0.5) is 5.69 Å². The van der Waals surface area contributed by atoms with Crippen molar-refractivity contribution in [3.8, 4) is 5.88 Å². The van der Waals surface area contributed by atoms with Crippen LogP contribution in [0.3, 0.4) is 0 Å². The molecule has 0 aliphatic heterocycles. The number of aromatic amines is 1. The first kappa shape index (κ1) is 13.2. The highest BCUT2D eigenvalue weighted by Gasteiger charge is 2.24. The van der Waals surface area contributed by atoms with Crippen molar-refractivity contribution >= 4 is 11.6 Å². The quantitative estimate of drug-likeness (QED) is 0.619. The number of pyridine rings is 1. The predicted molar refractivity (Wildman–Crippen MR) is 78.1 cm³/mol. The van der Waals surface area contributed by atoms with Crippen LogP contribution >= 0.6 is 0 Å². The molecular formula is C15H15N3O3. The van der Waals surface area contributed by atoms with Gasteiger partial charge in [0.2, 0.25) is 0 Å². The normalized spacial score (nSPS) is 16.5. The SMILES string of the molecule is Nc1ccc2c(c1)CCC2NC(=O)c1cc(O)[nH]c(=O)c1. The standard InChI is InChI=1S/C15H15N3O3/c16-10-2-3-11-8(5-10)1-4-12(11)17-15(21)9-6-13(19)18-14(20)7-9/h2-3,5-7,12H,1,4,16H2,(H,17,21)(H2,18,19,20). The van der Waals surface area contributed by atoms with Crippen LogP contribution in [0, 0.1) is 0 Å². The fourth-order valence-electron chi connectivity index (χ4n) is 2.69. The lowest BCUT2D eigenvalue weighted by molar-refractivity contribution is 0.0936. The summed E-state index contributed by atoms with van der Waals surface area (Å²) < 4.78 is 0. The molecule has 1 aromatic heterocycles. The number of nitrogen functional groups attached to an aromatic ring is 1. The third-order valence-electron chi connectivity index (χ3n) is 3.64. The van der Waals surface area contributed by atoms with Gasteiger partial charge < -0.3 is 16.2 Å². The number of H-pyrrole nitrogens is 1. The van der Waals surface area contributed by atoms with Crippen molar-refractivity contribution in [3.05, 3.63) is 57.4 Å². The Kier molecular flexibility index (Phi) is 3.13. The molecule has 2 aromatic rings. The molecule has 1 amide bonds. The zero-order chi connectivity index (χ0) is 15.0. The summed E-state index contributed by atoms with van der Waals surface area (Å²) in [7, 11) is 0. The van der Waals surface area contributed by atoms with E-state index in [1.807, 2.05) is 18.2 Å². The number of hydrogen-bond acceptors (Lipinski definition) is 4. The summed E-state index contributed by atoms with van der Waals surface area (Å²) >= 11 is 0. The molecule has 108 valence electrons. The van der Waals surface area contributed by atoms with Gasteiger partial charge in [0.15, 0.2) is 5.88 Å². The molecule has 5 N–H and O–H groups in total. The highest BCUT2D eigenvalue weighted by Crippen LogP contribution is 2.32. The van der Waals surface area contributed by atoms with Crippen LogP contribution in [0.5, 0.6) is 5.88 Å². The first-order chi connectivity index (χ1) is 10.0. The summed E-state index contributed by atoms with van der Waals surface area (Å²) in [6, 6.07) is 7.93. The number of anilines is 1. The number of aromatic nitrogens is 1. The monoisotopic (exact) mass is 285 g/mol. The summed E-state index contributed by atoms with van der Waals surface area (Å²) in [6.45, 7) is 0. The molecule has 1 unspecified atom stereocenters. The molecule has 0 radical (unpaired) electrons. The van der Waals surface area contributed by atoms with E-state index in [4.69, 9.17) is 5.73 Å². The van der Waals surface area contributed by atoms with Crippen molar-refractivity contribution in [1.82, 2.24) is 10.3 Å². The minimum absolute atomic E-state index is 0.102. The highest BCUT2D eigenvalue weighted by atomic mass is 16.3. The van der Waals surface area contributed by atoms with Gasteiger partial charge in [0, 0.05) is 17.8 Å². The Hall–Kier alpha value is -2.76. The van der Waals surface area contributed by atoms with Gasteiger partial charge in [-0.05, 0) is 36.1 Å². The average Bonchev–Trinajstić information content (AvgIpc) is 2.80. The van der Waals surface area contributed by atoms with E-state index < -0.39 is 5.56 Å². The van der Waals surface area contributed by atoms with Crippen LogP contribution in [-0.4, -0.2) is 16.0 Å². The molecule has 6 heteroatoms. The number of rotatable bonds is 2. The number of fused-ring (bicyclic) bond motifs is 1. The molecule has 1 heterocycles. The Labute approximate surface area is 120 Å². The van der Waals surface area contributed by atoms with E-state index in [9.17, 15) is 14.7 Å². The van der Waals surface area contributed by atoms with Gasteiger partial charge in [-0.1, -0.05) is 6.07 Å². The van der Waals surface area contributed by atoms with Crippen LogP contribution in [0.25, 0.3) is 0 Å². The van der Waals surface area contributed by atoms with Crippen LogP contribution in [-0.2, 0) is 6.42 Å². The Balaban J connectivity index is 1.82. The van der Waals surface area contributed by atoms with Crippen LogP contribution < -0.4 is 16.6 Å². The molecule has 1 atom stereocenters. The summed E-state index contributed by atoms with van der Waals surface area (Å²) in [5.74, 6) is -0.710. The number of nitrogens with two attached hydrogens (primary N) is 1. The molecule has 1 aliphatic rings. The molecule has 0 fully saturated rings. The Morgan fingerprint density at radius 3 is 2.90 bits per heavy atom. The second kappa shape index (κ2) is 4.97. The van der Waals surface area contributed by atoms with Crippen molar-refractivity contribution in [2.45, 2.75) is 18.9 Å². The molecule has 6 nitrogen and oxygen atoms in total. The first-order valence-electron chi connectivity index (χ1n) is 6.65. The molecular weight excluding hydrogens is 270 g/mol. The van der Waals surface area contributed by atoms with E-state index in [0.717, 1.165) is 30.0 Å². The van der Waals surface area contributed by atoms with Gasteiger partial charge in [-0.15, -0.1) is 0 Å². The summed E-state index contributed by atoms with van der Waals surface area (Å²) in [5, 5.41) is 12.2. The summed E-state index contributed by atoms with van der Waals surface area (Å²) in [5.41, 5.74) is 8.26. The summed E-state index contributed by atoms with van der Waals surface area (Å²) in [6.07, 6.45) is 1.64. The first-order valence-corrected chi connectivity index (χ1v) is 6.65. The topological polar surface area (TPSA) is 108 Å². The lowest BCUT2D eigenvalue weighted by Gasteiger charge is -2.14. The van der Waals surface area contributed by atoms with Gasteiger partial charge in [0.05, 0.1) is 11.6 Å². The fourth-order valence-corrected chi connectivity index (χ4v) is 2.69. The van der Waals surface area contributed by atoms with Gasteiger partial charge in [-0.3, -0.25) is 14.6 Å². The molecule has 1 aliphatic carbocycles. The Morgan fingerprint density at radius 1 is 1.33 bits per heavy atom. The number of nitrogens with one attached hydrogen (secondary N) is 2. The maximum Gasteiger partial charge on any atom is 0.252 e. The largest absolute Gasteiger partial charge is 0.494 e. The third kappa shape index (κ3) is 2.60. The zero-order valence-corrected chi connectivity index (χ0v) is 11.2. The Bertz CT molecular complexity index is 767. The van der Waals surface area contributed by atoms with Gasteiger partial charge in [0.1, 0.15) is 0 Å². The van der Waals surface area contributed by atoms with Crippen molar-refractivity contribution in [2.24, 2.45) is 0 Å². The maximum absolute atomic E-state index is 12.2. The fraction of sp³-hybridized carbons (Fsp3) is 0.200. The number of hydrogen-bond donors (Lipinski definition) is 4. The van der Waals surface area contributed by atoms with E-state index in [1.165, 1.54) is 6.07 Å². The molecule has 3 rings (SSSR count). The highest BCUT2D eigenvalue weighted by molar-refractivity contribution is 5.94. The number of aryl methyl sites for hydroxylation is 1. The van der Waals surface area contributed by atoms with Gasteiger partial charge >= 0.3 is 0 Å². The number of amides is 1. The van der Waals surface area contributed by atoms with Crippen molar-refractivity contribution < 1.29 is 9.90 Å². The number of carbonyl (C=O) groups excluding carboxylic acids is 1. The van der Waals surface area contributed by atoms with Crippen LogP contribution in [0.15, 0.2) is 35.1 Å². The minimum Gasteiger partial charge on any atom is -0.494 e. The third-order valence-corrected chi connectivity index (χ3v) is 3.64. The molecule has 0 bridgehead atoms. The van der Waals surface area contributed by atoms with Gasteiger partial charge in [-0.2, -0.15) is 0 Å². The molecule has 1 aromatic carbocycles. The molecule has 21 heavy (non-hydrogen) atoms. The zero-order valence-electron chi connectivity index (χ0n) is 11.2. The number of carbonyl (C=O) groups is 1. The number of benzene rings is 1. The molecule has 0 saturated heterocycles. The molecule has 0 saturated carbocycles. The van der Waals surface area contributed by atoms with Crippen molar-refractivity contribution in [1.29, 1.82) is 0 Å². The summed E-state index contributed by atoms with van der Waals surface area (Å²) in [4.78, 5) is 25.6. The molecule has 0 spiro atoms. The van der Waals surface area contributed by atoms with E-state index in [2.05, 4.69) is 10.3 Å². The van der Waals surface area contributed by atoms with E-state index in [-0.39, 0.29) is 23.4 Å². The predicted octanol–water partition coefficient (Wildman–Crippen LogP) is 1.08. The van der Waals surface area contributed by atoms with Gasteiger partial charge in [0.25, 0.3) is 11.5 Å². The van der Waals surface area contributed by atoms with E-state index >= 15 is 0 Å². The van der Waals surface area contributed by atoms with Crippen LogP contribution in [0.1, 0.15) is 33.9 Å². The lowest BCUT2D eigenvalue weighted by Crippen LogP contribution is -2.28. The van der Waals surface area contributed by atoms with Crippen molar-refractivity contribution in [2.75, 3.05) is 5.73 Å². The number of aromatic hydroxyl groups is 1. The second-order valence-corrected chi connectivity index (χ2v) is 5.14. The maximum atomic E-state index is 12.2. The Morgan fingerprint density at radius 2 is 2.14 bits per heavy atom. The lowest BCUT2D eigenvalue weighted by atomic mass is 10.1. The average molecular weight is 285 g/mol.